The average Bonchev–Trinajstić information content (AvgIpc) is 3.39. The molecule has 0 radical (unpaired) electrons. The van der Waals surface area contributed by atoms with E-state index in [9.17, 15) is 9.59 Å². The number of fused-ring (bicyclic) bond motifs is 1. The van der Waals surface area contributed by atoms with Crippen molar-refractivity contribution in [2.24, 2.45) is 0 Å². The summed E-state index contributed by atoms with van der Waals surface area (Å²) in [5, 5.41) is 16.9. The summed E-state index contributed by atoms with van der Waals surface area (Å²) in [5.41, 5.74) is 1.80. The van der Waals surface area contributed by atoms with Gasteiger partial charge in [0.05, 0.1) is 24.8 Å². The first-order valence-corrected chi connectivity index (χ1v) is 12.0. The molecule has 0 fully saturated rings. The molecule has 5 aromatic rings. The monoisotopic (exact) mass is 499 g/mol. The number of methoxy groups -OCH3 is 1. The van der Waals surface area contributed by atoms with Gasteiger partial charge in [-0.15, -0.1) is 10.2 Å². The van der Waals surface area contributed by atoms with Gasteiger partial charge in [0.1, 0.15) is 5.75 Å². The van der Waals surface area contributed by atoms with Crippen molar-refractivity contribution in [1.29, 1.82) is 0 Å². The minimum absolute atomic E-state index is 0.0787. The second kappa shape index (κ2) is 10.4. The van der Waals surface area contributed by atoms with Gasteiger partial charge in [0.15, 0.2) is 5.69 Å². The Bertz CT molecular complexity index is 1570. The second-order valence-electron chi connectivity index (χ2n) is 7.78. The van der Waals surface area contributed by atoms with E-state index in [0.29, 0.717) is 34.4 Å². The van der Waals surface area contributed by atoms with Gasteiger partial charge in [-0.2, -0.15) is 5.10 Å². The van der Waals surface area contributed by atoms with Crippen molar-refractivity contribution in [2.75, 3.05) is 18.2 Å². The molecule has 1 N–H and O–H groups in total. The maximum atomic E-state index is 13.1. The van der Waals surface area contributed by atoms with Crippen LogP contribution in [0.3, 0.4) is 0 Å². The van der Waals surface area contributed by atoms with Crippen LogP contribution in [0.1, 0.15) is 5.56 Å². The zero-order chi connectivity index (χ0) is 24.9. The number of hydrogen-bond acceptors (Lipinski definition) is 8. The Morgan fingerprint density at radius 3 is 2.44 bits per heavy atom. The van der Waals surface area contributed by atoms with Crippen molar-refractivity contribution in [3.8, 4) is 17.3 Å². The van der Waals surface area contributed by atoms with Gasteiger partial charge in [-0.05, 0) is 35.9 Å². The number of amides is 1. The van der Waals surface area contributed by atoms with E-state index in [-0.39, 0.29) is 28.3 Å². The Labute approximate surface area is 210 Å². The molecule has 0 saturated carbocycles. The van der Waals surface area contributed by atoms with Crippen molar-refractivity contribution in [2.45, 2.75) is 11.8 Å². The number of rotatable bonds is 8. The minimum Gasteiger partial charge on any atom is -0.497 e. The van der Waals surface area contributed by atoms with Crippen molar-refractivity contribution >= 4 is 34.1 Å². The highest BCUT2D eigenvalue weighted by Crippen LogP contribution is 2.27. The molecule has 0 atom stereocenters. The molecular weight excluding hydrogens is 478 g/mol. The van der Waals surface area contributed by atoms with Crippen molar-refractivity contribution in [3.05, 3.63) is 94.8 Å². The van der Waals surface area contributed by atoms with Crippen LogP contribution in [0.5, 0.6) is 5.75 Å². The molecule has 0 aliphatic heterocycles. The van der Waals surface area contributed by atoms with E-state index < -0.39 is 0 Å². The molecule has 0 bridgehead atoms. The Morgan fingerprint density at radius 1 is 0.972 bits per heavy atom. The quantitative estimate of drug-likeness (QED) is 0.316. The Morgan fingerprint density at radius 2 is 1.69 bits per heavy atom. The number of aromatic nitrogens is 4. The van der Waals surface area contributed by atoms with Gasteiger partial charge in [-0.3, -0.25) is 9.59 Å². The minimum atomic E-state index is -0.218. The standard InChI is InChI=1S/C26H21N5O4S/c1-34-19-13-11-18(12-14-19)27-22(32)16-36-26-29-28-24(35-26)23-20-9-5-6-10-21(20)25(33)31(30-23)15-17-7-3-2-4-8-17/h2-14H,15-16H2,1H3,(H,27,32). The van der Waals surface area contributed by atoms with Crippen LogP contribution in [0.4, 0.5) is 5.69 Å². The third-order valence-corrected chi connectivity index (χ3v) is 6.17. The summed E-state index contributed by atoms with van der Waals surface area (Å²) in [6.07, 6.45) is 0. The van der Waals surface area contributed by atoms with Gasteiger partial charge in [0, 0.05) is 11.1 Å². The van der Waals surface area contributed by atoms with Crippen LogP contribution in [-0.2, 0) is 11.3 Å². The van der Waals surface area contributed by atoms with Crippen LogP contribution < -0.4 is 15.6 Å². The molecule has 3 aromatic carbocycles. The van der Waals surface area contributed by atoms with E-state index in [1.54, 1.807) is 49.6 Å². The highest BCUT2D eigenvalue weighted by molar-refractivity contribution is 7.99. The lowest BCUT2D eigenvalue weighted by atomic mass is 10.1. The third-order valence-electron chi connectivity index (χ3n) is 5.35. The van der Waals surface area contributed by atoms with E-state index in [4.69, 9.17) is 9.15 Å². The van der Waals surface area contributed by atoms with Crippen LogP contribution in [0.2, 0.25) is 0 Å². The van der Waals surface area contributed by atoms with Gasteiger partial charge in [-0.25, -0.2) is 4.68 Å². The third kappa shape index (κ3) is 5.13. The normalized spacial score (nSPS) is 10.9. The van der Waals surface area contributed by atoms with Crippen molar-refractivity contribution < 1.29 is 13.9 Å². The first-order valence-electron chi connectivity index (χ1n) is 11.0. The van der Waals surface area contributed by atoms with Crippen LogP contribution >= 0.6 is 11.8 Å². The number of nitrogens with one attached hydrogen (secondary N) is 1. The molecule has 0 spiro atoms. The molecule has 0 saturated heterocycles. The van der Waals surface area contributed by atoms with E-state index in [2.05, 4.69) is 20.6 Å². The fourth-order valence-electron chi connectivity index (χ4n) is 3.62. The summed E-state index contributed by atoms with van der Waals surface area (Å²) in [6, 6.07) is 23.8. The number of carbonyl (C=O) groups is 1. The first kappa shape index (κ1) is 23.3. The predicted octanol–water partition coefficient (Wildman–Crippen LogP) is 4.23. The molecular formula is C26H21N5O4S. The van der Waals surface area contributed by atoms with E-state index in [0.717, 1.165) is 17.3 Å². The smallest absolute Gasteiger partial charge is 0.277 e. The molecule has 0 aliphatic rings. The molecule has 1 amide bonds. The van der Waals surface area contributed by atoms with Gasteiger partial charge in [0.2, 0.25) is 5.91 Å². The molecule has 0 unspecified atom stereocenters. The van der Waals surface area contributed by atoms with E-state index >= 15 is 0 Å². The number of thioether (sulfide) groups is 1. The molecule has 0 aliphatic carbocycles. The fraction of sp³-hybridized carbons (Fsp3) is 0.115. The molecule has 10 heteroatoms. The van der Waals surface area contributed by atoms with Crippen molar-refractivity contribution in [3.63, 3.8) is 0 Å². The van der Waals surface area contributed by atoms with Crippen LogP contribution in [0.15, 0.2) is 93.3 Å². The number of anilines is 1. The van der Waals surface area contributed by atoms with Gasteiger partial charge in [0.25, 0.3) is 16.7 Å². The maximum absolute atomic E-state index is 13.1. The number of nitrogens with zero attached hydrogens (tertiary/aromatic N) is 4. The molecule has 180 valence electrons. The van der Waals surface area contributed by atoms with Crippen LogP contribution in [-0.4, -0.2) is 38.7 Å². The van der Waals surface area contributed by atoms with Crippen molar-refractivity contribution in [1.82, 2.24) is 20.0 Å². The fourth-order valence-corrected chi connectivity index (χ4v) is 4.18. The Balaban J connectivity index is 1.35. The molecule has 36 heavy (non-hydrogen) atoms. The number of ether oxygens (including phenoxy) is 1. The zero-order valence-corrected chi connectivity index (χ0v) is 20.1. The molecule has 5 rings (SSSR count). The van der Waals surface area contributed by atoms with Gasteiger partial charge in [-0.1, -0.05) is 60.3 Å². The van der Waals surface area contributed by atoms with Gasteiger partial charge >= 0.3 is 0 Å². The molecule has 2 aromatic heterocycles. The predicted molar refractivity (Wildman–Crippen MR) is 137 cm³/mol. The second-order valence-corrected chi connectivity index (χ2v) is 8.71. The Kier molecular flexibility index (Phi) is 6.76. The number of benzene rings is 3. The summed E-state index contributed by atoms with van der Waals surface area (Å²) in [7, 11) is 1.58. The van der Waals surface area contributed by atoms with E-state index in [1.165, 1.54) is 4.68 Å². The lowest BCUT2D eigenvalue weighted by Gasteiger charge is -2.09. The van der Waals surface area contributed by atoms with Gasteiger partial charge < -0.3 is 14.5 Å². The largest absolute Gasteiger partial charge is 0.497 e. The summed E-state index contributed by atoms with van der Waals surface area (Å²) in [4.78, 5) is 25.4. The summed E-state index contributed by atoms with van der Waals surface area (Å²) in [5.74, 6) is 0.739. The highest BCUT2D eigenvalue weighted by atomic mass is 32.2. The highest BCUT2D eigenvalue weighted by Gasteiger charge is 2.18. The SMILES string of the molecule is COc1ccc(NC(=O)CSc2nnc(-c3nn(Cc4ccccc4)c(=O)c4ccccc34)o2)cc1. The number of hydrogen-bond donors (Lipinski definition) is 1. The Hall–Kier alpha value is -4.44. The first-order chi connectivity index (χ1) is 17.6. The van der Waals surface area contributed by atoms with E-state index in [1.807, 2.05) is 36.4 Å². The summed E-state index contributed by atoms with van der Waals surface area (Å²) >= 11 is 1.11. The summed E-state index contributed by atoms with van der Waals surface area (Å²) in [6.45, 7) is 0.304. The molecule has 2 heterocycles. The average molecular weight is 500 g/mol. The lowest BCUT2D eigenvalue weighted by Crippen LogP contribution is -2.24. The summed E-state index contributed by atoms with van der Waals surface area (Å²) < 4.78 is 12.3. The van der Waals surface area contributed by atoms with Crippen LogP contribution in [0.25, 0.3) is 22.4 Å². The maximum Gasteiger partial charge on any atom is 0.277 e. The zero-order valence-electron chi connectivity index (χ0n) is 19.2. The molecule has 9 nitrogen and oxygen atoms in total. The van der Waals surface area contributed by atoms with Crippen LogP contribution in [0, 0.1) is 0 Å². The lowest BCUT2D eigenvalue weighted by molar-refractivity contribution is -0.113. The topological polar surface area (TPSA) is 112 Å². The number of carbonyl (C=O) groups excluding carboxylic acids is 1.